The first kappa shape index (κ1) is 15.1. The van der Waals surface area contributed by atoms with Gasteiger partial charge in [-0.15, -0.1) is 0 Å². The molecule has 5 nitrogen and oxygen atoms in total. The Kier molecular flexibility index (Phi) is 3.94. The summed E-state index contributed by atoms with van der Waals surface area (Å²) in [7, 11) is 0. The highest BCUT2D eigenvalue weighted by atomic mass is 16.5. The van der Waals surface area contributed by atoms with E-state index in [4.69, 9.17) is 4.74 Å². The highest BCUT2D eigenvalue weighted by Gasteiger charge is 2.40. The molecule has 1 aromatic carbocycles. The maximum Gasteiger partial charge on any atom is 0.255 e. The van der Waals surface area contributed by atoms with Crippen LogP contribution < -0.4 is 10.1 Å². The summed E-state index contributed by atoms with van der Waals surface area (Å²) in [5.41, 5.74) is 1.52. The number of aromatic nitrogens is 1. The monoisotopic (exact) mass is 323 g/mol. The van der Waals surface area contributed by atoms with Crippen LogP contribution in [0.5, 0.6) is 5.75 Å². The number of likely N-dealkylation sites (tertiary alicyclic amines) is 1. The summed E-state index contributed by atoms with van der Waals surface area (Å²) in [5, 5.41) is 3.05. The molecular weight excluding hydrogens is 302 g/mol. The second kappa shape index (κ2) is 6.24. The summed E-state index contributed by atoms with van der Waals surface area (Å²) >= 11 is 0. The molecule has 0 unspecified atom stereocenters. The lowest BCUT2D eigenvalue weighted by molar-refractivity contribution is -0.00705. The molecule has 0 bridgehead atoms. The fraction of sp³-hybridized carbons (Fsp3) is 0.368. The van der Waals surface area contributed by atoms with E-state index in [1.165, 1.54) is 5.56 Å². The van der Waals surface area contributed by atoms with E-state index in [1.807, 2.05) is 48.8 Å². The number of fused-ring (bicyclic) bond motifs is 1. The molecule has 1 amide bonds. The number of rotatable bonds is 2. The molecule has 1 saturated heterocycles. The number of para-hydroxylation sites is 1. The zero-order chi connectivity index (χ0) is 16.4. The van der Waals surface area contributed by atoms with Crippen molar-refractivity contribution in [1.82, 2.24) is 15.2 Å². The van der Waals surface area contributed by atoms with Gasteiger partial charge in [-0.05, 0) is 49.2 Å². The van der Waals surface area contributed by atoms with Crippen LogP contribution in [0.3, 0.4) is 0 Å². The van der Waals surface area contributed by atoms with E-state index < -0.39 is 0 Å². The number of carbonyl (C=O) groups excluding carboxylic acids is 1. The van der Waals surface area contributed by atoms with Crippen LogP contribution in [0.2, 0.25) is 0 Å². The first-order chi connectivity index (χ1) is 11.7. The lowest BCUT2D eigenvalue weighted by atomic mass is 9.92. The number of nitrogens with one attached hydrogen (secondary N) is 1. The minimum atomic E-state index is -0.354. The molecule has 1 atom stereocenters. The van der Waals surface area contributed by atoms with Gasteiger partial charge in [-0.2, -0.15) is 0 Å². The molecule has 2 aromatic rings. The van der Waals surface area contributed by atoms with Crippen LogP contribution in [-0.2, 0) is 6.54 Å². The van der Waals surface area contributed by atoms with Crippen LogP contribution >= 0.6 is 0 Å². The van der Waals surface area contributed by atoms with Crippen molar-refractivity contribution in [2.45, 2.75) is 25.0 Å². The Balaban J connectivity index is 1.55. The molecule has 0 radical (unpaired) electrons. The normalized spacial score (nSPS) is 23.9. The quantitative estimate of drug-likeness (QED) is 0.921. The van der Waals surface area contributed by atoms with Gasteiger partial charge in [0.2, 0.25) is 0 Å². The molecule has 0 saturated carbocycles. The first-order valence-corrected chi connectivity index (χ1v) is 8.42. The zero-order valence-electron chi connectivity index (χ0n) is 13.6. The van der Waals surface area contributed by atoms with E-state index in [-0.39, 0.29) is 11.5 Å². The van der Waals surface area contributed by atoms with E-state index in [9.17, 15) is 4.79 Å². The Morgan fingerprint density at radius 2 is 2.04 bits per heavy atom. The van der Waals surface area contributed by atoms with E-state index in [2.05, 4.69) is 15.2 Å². The minimum Gasteiger partial charge on any atom is -0.483 e. The van der Waals surface area contributed by atoms with Gasteiger partial charge >= 0.3 is 0 Å². The first-order valence-electron chi connectivity index (χ1n) is 8.42. The van der Waals surface area contributed by atoms with Gasteiger partial charge in [0.05, 0.1) is 12.1 Å². The van der Waals surface area contributed by atoms with Gasteiger partial charge in [-0.1, -0.05) is 12.1 Å². The van der Waals surface area contributed by atoms with Crippen molar-refractivity contribution in [1.29, 1.82) is 0 Å². The standard InChI is InChI=1S/C19H21N3O2/c23-18-16-4-1-2-5-17(16)24-19(13-21-18)8-3-11-22(14-19)12-15-6-9-20-10-7-15/h1-2,4-7,9-10H,3,8,11-14H2,(H,21,23)/t19-/m1/s1. The highest BCUT2D eigenvalue weighted by molar-refractivity contribution is 5.97. The molecule has 1 spiro atoms. The smallest absolute Gasteiger partial charge is 0.255 e. The third-order valence-corrected chi connectivity index (χ3v) is 4.80. The van der Waals surface area contributed by atoms with Crippen molar-refractivity contribution in [3.63, 3.8) is 0 Å². The molecule has 2 aliphatic heterocycles. The van der Waals surface area contributed by atoms with Crippen molar-refractivity contribution < 1.29 is 9.53 Å². The molecular formula is C19H21N3O2. The molecule has 5 heteroatoms. The maximum atomic E-state index is 12.3. The number of hydrogen-bond donors (Lipinski definition) is 1. The number of nitrogens with zero attached hydrogens (tertiary/aromatic N) is 2. The van der Waals surface area contributed by atoms with E-state index in [0.717, 1.165) is 32.5 Å². The van der Waals surface area contributed by atoms with Gasteiger partial charge in [-0.3, -0.25) is 14.7 Å². The number of amides is 1. The Morgan fingerprint density at radius 3 is 2.92 bits per heavy atom. The Bertz CT molecular complexity index is 734. The van der Waals surface area contributed by atoms with E-state index >= 15 is 0 Å². The van der Waals surface area contributed by atoms with Crippen LogP contribution in [-0.4, -0.2) is 41.0 Å². The predicted molar refractivity (Wildman–Crippen MR) is 90.9 cm³/mol. The summed E-state index contributed by atoms with van der Waals surface area (Å²) < 4.78 is 6.39. The molecule has 1 fully saturated rings. The van der Waals surface area contributed by atoms with Gasteiger partial charge in [0.15, 0.2) is 0 Å². The Morgan fingerprint density at radius 1 is 1.21 bits per heavy atom. The largest absolute Gasteiger partial charge is 0.483 e. The molecule has 2 aliphatic rings. The van der Waals surface area contributed by atoms with Crippen LogP contribution in [0.1, 0.15) is 28.8 Å². The van der Waals surface area contributed by atoms with Crippen molar-refractivity contribution >= 4 is 5.91 Å². The van der Waals surface area contributed by atoms with Gasteiger partial charge in [0.1, 0.15) is 11.4 Å². The fourth-order valence-corrected chi connectivity index (χ4v) is 3.65. The average molecular weight is 323 g/mol. The lowest BCUT2D eigenvalue weighted by Crippen LogP contribution is -2.56. The summed E-state index contributed by atoms with van der Waals surface area (Å²) in [6.07, 6.45) is 5.67. The molecule has 24 heavy (non-hydrogen) atoms. The van der Waals surface area contributed by atoms with Crippen molar-refractivity contribution in [3.05, 3.63) is 59.9 Å². The van der Waals surface area contributed by atoms with Gasteiger partial charge < -0.3 is 10.1 Å². The number of piperidine rings is 1. The summed E-state index contributed by atoms with van der Waals surface area (Å²) in [6.45, 7) is 3.28. The zero-order valence-corrected chi connectivity index (χ0v) is 13.6. The SMILES string of the molecule is O=C1NC[C@@]2(CCCN(Cc3ccncc3)C2)Oc2ccccc21. The molecule has 0 aliphatic carbocycles. The van der Waals surface area contributed by atoms with Crippen LogP contribution in [0, 0.1) is 0 Å². The Hall–Kier alpha value is -2.40. The summed E-state index contributed by atoms with van der Waals surface area (Å²) in [6, 6.07) is 11.6. The lowest BCUT2D eigenvalue weighted by Gasteiger charge is -2.42. The highest BCUT2D eigenvalue weighted by Crippen LogP contribution is 2.32. The third kappa shape index (κ3) is 2.99. The molecule has 1 N–H and O–H groups in total. The topological polar surface area (TPSA) is 54.5 Å². The van der Waals surface area contributed by atoms with Gasteiger partial charge in [-0.25, -0.2) is 0 Å². The second-order valence-corrected chi connectivity index (χ2v) is 6.63. The number of carbonyl (C=O) groups is 1. The second-order valence-electron chi connectivity index (χ2n) is 6.63. The van der Waals surface area contributed by atoms with Crippen LogP contribution in [0.15, 0.2) is 48.8 Å². The maximum absolute atomic E-state index is 12.3. The van der Waals surface area contributed by atoms with Gasteiger partial charge in [0, 0.05) is 25.5 Å². The third-order valence-electron chi connectivity index (χ3n) is 4.80. The van der Waals surface area contributed by atoms with Crippen molar-refractivity contribution in [2.75, 3.05) is 19.6 Å². The fourth-order valence-electron chi connectivity index (χ4n) is 3.65. The molecule has 3 heterocycles. The average Bonchev–Trinajstić information content (AvgIpc) is 2.74. The molecule has 124 valence electrons. The van der Waals surface area contributed by atoms with Crippen molar-refractivity contribution in [3.8, 4) is 5.75 Å². The molecule has 4 rings (SSSR count). The van der Waals surface area contributed by atoms with Crippen LogP contribution in [0.4, 0.5) is 0 Å². The number of ether oxygens (including phenoxy) is 1. The van der Waals surface area contributed by atoms with Crippen molar-refractivity contribution in [2.24, 2.45) is 0 Å². The summed E-state index contributed by atoms with van der Waals surface area (Å²) in [4.78, 5) is 18.8. The number of benzene rings is 1. The van der Waals surface area contributed by atoms with E-state index in [0.29, 0.717) is 17.9 Å². The van der Waals surface area contributed by atoms with Crippen LogP contribution in [0.25, 0.3) is 0 Å². The number of pyridine rings is 1. The minimum absolute atomic E-state index is 0.0475. The molecule has 1 aromatic heterocycles. The summed E-state index contributed by atoms with van der Waals surface area (Å²) in [5.74, 6) is 0.645. The van der Waals surface area contributed by atoms with E-state index in [1.54, 1.807) is 0 Å². The Labute approximate surface area is 141 Å². The number of hydrogen-bond acceptors (Lipinski definition) is 4. The predicted octanol–water partition coefficient (Wildman–Crippen LogP) is 2.24. The van der Waals surface area contributed by atoms with Gasteiger partial charge in [0.25, 0.3) is 5.91 Å².